The molecule has 6 heteroatoms. The van der Waals surface area contributed by atoms with Crippen molar-refractivity contribution in [1.29, 1.82) is 0 Å². The van der Waals surface area contributed by atoms with E-state index in [1.165, 1.54) is 19.2 Å². The van der Waals surface area contributed by atoms with Crippen LogP contribution in [0, 0.1) is 11.6 Å². The SMILES string of the molecule is COc1ccc(CC(NN)c2ccc(Br)c(F)c2)cc1F. The molecule has 0 fully saturated rings. The van der Waals surface area contributed by atoms with Crippen molar-refractivity contribution < 1.29 is 13.5 Å². The first-order chi connectivity index (χ1) is 10.0. The first-order valence-electron chi connectivity index (χ1n) is 6.28. The van der Waals surface area contributed by atoms with Crippen LogP contribution in [-0.2, 0) is 6.42 Å². The molecule has 1 unspecified atom stereocenters. The second kappa shape index (κ2) is 6.98. The highest BCUT2D eigenvalue weighted by atomic mass is 79.9. The summed E-state index contributed by atoms with van der Waals surface area (Å²) < 4.78 is 32.5. The van der Waals surface area contributed by atoms with Gasteiger partial charge in [-0.05, 0) is 57.7 Å². The Kier molecular flexibility index (Phi) is 5.27. The lowest BCUT2D eigenvalue weighted by molar-refractivity contribution is 0.386. The topological polar surface area (TPSA) is 47.3 Å². The molecular formula is C15H15BrF2N2O. The number of hydrogen-bond acceptors (Lipinski definition) is 3. The molecule has 21 heavy (non-hydrogen) atoms. The lowest BCUT2D eigenvalue weighted by Gasteiger charge is -2.17. The quantitative estimate of drug-likeness (QED) is 0.636. The van der Waals surface area contributed by atoms with Gasteiger partial charge >= 0.3 is 0 Å². The molecule has 2 aromatic rings. The lowest BCUT2D eigenvalue weighted by Crippen LogP contribution is -2.29. The largest absolute Gasteiger partial charge is 0.494 e. The predicted octanol–water partition coefficient (Wildman–Crippen LogP) is 3.48. The number of benzene rings is 2. The smallest absolute Gasteiger partial charge is 0.165 e. The number of rotatable bonds is 5. The van der Waals surface area contributed by atoms with E-state index >= 15 is 0 Å². The van der Waals surface area contributed by atoms with Gasteiger partial charge in [-0.25, -0.2) is 8.78 Å². The maximum absolute atomic E-state index is 13.7. The van der Waals surface area contributed by atoms with Gasteiger partial charge in [0.25, 0.3) is 0 Å². The highest BCUT2D eigenvalue weighted by molar-refractivity contribution is 9.10. The average Bonchev–Trinajstić information content (AvgIpc) is 2.48. The van der Waals surface area contributed by atoms with Crippen LogP contribution in [0.2, 0.25) is 0 Å². The molecule has 0 spiro atoms. The molecule has 3 N–H and O–H groups in total. The third kappa shape index (κ3) is 3.78. The molecule has 0 aliphatic rings. The van der Waals surface area contributed by atoms with Gasteiger partial charge in [0.05, 0.1) is 17.6 Å². The summed E-state index contributed by atoms with van der Waals surface area (Å²) in [5.74, 6) is 4.91. The average molecular weight is 357 g/mol. The zero-order valence-corrected chi connectivity index (χ0v) is 13.0. The summed E-state index contributed by atoms with van der Waals surface area (Å²) in [6.07, 6.45) is 0.429. The van der Waals surface area contributed by atoms with Crippen LogP contribution in [-0.4, -0.2) is 7.11 Å². The molecule has 2 rings (SSSR count). The normalized spacial score (nSPS) is 12.2. The van der Waals surface area contributed by atoms with Crippen LogP contribution in [0.5, 0.6) is 5.75 Å². The van der Waals surface area contributed by atoms with Crippen LogP contribution in [0.25, 0.3) is 0 Å². The van der Waals surface area contributed by atoms with E-state index in [-0.39, 0.29) is 17.6 Å². The van der Waals surface area contributed by atoms with Crippen molar-refractivity contribution >= 4 is 15.9 Å². The van der Waals surface area contributed by atoms with Crippen molar-refractivity contribution in [3.05, 3.63) is 63.6 Å². The maximum atomic E-state index is 13.7. The first kappa shape index (κ1) is 15.9. The number of methoxy groups -OCH3 is 1. The summed E-state index contributed by atoms with van der Waals surface area (Å²) in [4.78, 5) is 0. The zero-order valence-electron chi connectivity index (χ0n) is 11.4. The van der Waals surface area contributed by atoms with Crippen LogP contribution >= 0.6 is 15.9 Å². The van der Waals surface area contributed by atoms with Gasteiger partial charge in [-0.1, -0.05) is 12.1 Å². The Morgan fingerprint density at radius 3 is 2.52 bits per heavy atom. The van der Waals surface area contributed by atoms with Crippen molar-refractivity contribution in [2.24, 2.45) is 5.84 Å². The Hall–Kier alpha value is -1.50. The van der Waals surface area contributed by atoms with Crippen molar-refractivity contribution in [2.75, 3.05) is 7.11 Å². The van der Waals surface area contributed by atoms with E-state index in [0.29, 0.717) is 16.5 Å². The van der Waals surface area contributed by atoms with Gasteiger partial charge < -0.3 is 4.74 Å². The summed E-state index contributed by atoms with van der Waals surface area (Å²) in [5.41, 5.74) is 4.05. The van der Waals surface area contributed by atoms with E-state index in [1.54, 1.807) is 24.3 Å². The summed E-state index contributed by atoms with van der Waals surface area (Å²) in [7, 11) is 1.41. The Morgan fingerprint density at radius 2 is 1.95 bits per heavy atom. The monoisotopic (exact) mass is 356 g/mol. The van der Waals surface area contributed by atoms with Crippen molar-refractivity contribution in [3.63, 3.8) is 0 Å². The van der Waals surface area contributed by atoms with Crippen molar-refractivity contribution in [2.45, 2.75) is 12.5 Å². The van der Waals surface area contributed by atoms with E-state index in [4.69, 9.17) is 10.6 Å². The van der Waals surface area contributed by atoms with E-state index in [2.05, 4.69) is 21.4 Å². The molecule has 112 valence electrons. The Bertz CT molecular complexity index is 637. The van der Waals surface area contributed by atoms with Gasteiger partial charge in [-0.15, -0.1) is 0 Å². The second-order valence-electron chi connectivity index (χ2n) is 4.57. The summed E-state index contributed by atoms with van der Waals surface area (Å²) >= 11 is 3.10. The molecule has 0 amide bonds. The van der Waals surface area contributed by atoms with Gasteiger partial charge in [0.2, 0.25) is 0 Å². The number of hydrogen-bond donors (Lipinski definition) is 2. The van der Waals surface area contributed by atoms with Crippen LogP contribution in [0.3, 0.4) is 0 Å². The van der Waals surface area contributed by atoms with Gasteiger partial charge in [-0.3, -0.25) is 11.3 Å². The van der Waals surface area contributed by atoms with Gasteiger partial charge in [0.1, 0.15) is 5.82 Å². The fraction of sp³-hybridized carbons (Fsp3) is 0.200. The van der Waals surface area contributed by atoms with Gasteiger partial charge in [0.15, 0.2) is 11.6 Å². The maximum Gasteiger partial charge on any atom is 0.165 e. The summed E-state index contributed by atoms with van der Waals surface area (Å²) in [6, 6.07) is 9.15. The first-order valence-corrected chi connectivity index (χ1v) is 7.08. The van der Waals surface area contributed by atoms with Crippen LogP contribution in [0.15, 0.2) is 40.9 Å². The van der Waals surface area contributed by atoms with E-state index in [1.807, 2.05) is 0 Å². The predicted molar refractivity (Wildman–Crippen MR) is 80.8 cm³/mol. The Balaban J connectivity index is 2.22. The number of hydrazine groups is 1. The number of nitrogens with one attached hydrogen (secondary N) is 1. The minimum absolute atomic E-state index is 0.186. The highest BCUT2D eigenvalue weighted by Crippen LogP contribution is 2.25. The molecule has 0 aromatic heterocycles. The van der Waals surface area contributed by atoms with Crippen molar-refractivity contribution in [3.8, 4) is 5.75 Å². The number of halogens is 3. The molecule has 3 nitrogen and oxygen atoms in total. The Labute approximate surface area is 130 Å². The van der Waals surface area contributed by atoms with Crippen molar-refractivity contribution in [1.82, 2.24) is 5.43 Å². The molecule has 2 aromatic carbocycles. The van der Waals surface area contributed by atoms with E-state index in [9.17, 15) is 8.78 Å². The number of nitrogens with two attached hydrogens (primary N) is 1. The minimum Gasteiger partial charge on any atom is -0.494 e. The molecule has 0 aliphatic carbocycles. The molecule has 0 aliphatic heterocycles. The third-order valence-electron chi connectivity index (χ3n) is 3.20. The molecule has 0 heterocycles. The molecule has 0 bridgehead atoms. The molecule has 1 atom stereocenters. The third-order valence-corrected chi connectivity index (χ3v) is 3.85. The molecule has 0 saturated carbocycles. The second-order valence-corrected chi connectivity index (χ2v) is 5.42. The molecular weight excluding hydrogens is 342 g/mol. The fourth-order valence-electron chi connectivity index (χ4n) is 2.07. The standard InChI is InChI=1S/C15H15BrF2N2O/c1-21-15-5-2-9(6-13(15)18)7-14(20-19)10-3-4-11(16)12(17)8-10/h2-6,8,14,20H,7,19H2,1H3. The minimum atomic E-state index is -0.437. The van der Waals surface area contributed by atoms with Crippen LogP contribution in [0.4, 0.5) is 8.78 Å². The molecule has 0 radical (unpaired) electrons. The fourth-order valence-corrected chi connectivity index (χ4v) is 2.32. The van der Waals surface area contributed by atoms with E-state index in [0.717, 1.165) is 5.56 Å². The summed E-state index contributed by atoms with van der Waals surface area (Å²) in [6.45, 7) is 0. The lowest BCUT2D eigenvalue weighted by atomic mass is 9.99. The zero-order chi connectivity index (χ0) is 15.4. The number of ether oxygens (including phenoxy) is 1. The summed E-state index contributed by atoms with van der Waals surface area (Å²) in [5, 5.41) is 0. The van der Waals surface area contributed by atoms with Crippen LogP contribution < -0.4 is 16.0 Å². The molecule has 0 saturated heterocycles. The van der Waals surface area contributed by atoms with E-state index < -0.39 is 5.82 Å². The van der Waals surface area contributed by atoms with Gasteiger partial charge in [-0.2, -0.15) is 0 Å². The van der Waals surface area contributed by atoms with Crippen LogP contribution in [0.1, 0.15) is 17.2 Å². The Morgan fingerprint density at radius 1 is 1.19 bits per heavy atom. The van der Waals surface area contributed by atoms with Gasteiger partial charge in [0, 0.05) is 0 Å². The highest BCUT2D eigenvalue weighted by Gasteiger charge is 2.14.